The zero-order valence-corrected chi connectivity index (χ0v) is 18.3. The highest BCUT2D eigenvalue weighted by Gasteiger charge is 2.60. The highest BCUT2D eigenvalue weighted by atomic mass is 35.5. The number of carbonyl (C=O) groups is 2. The molecule has 0 radical (unpaired) electrons. The Labute approximate surface area is 190 Å². The molecule has 2 amide bonds. The van der Waals surface area contributed by atoms with E-state index >= 15 is 0 Å². The molecule has 0 bridgehead atoms. The van der Waals surface area contributed by atoms with E-state index < -0.39 is 24.0 Å². The summed E-state index contributed by atoms with van der Waals surface area (Å²) in [4.78, 5) is 34.4. The number of hydroxylamine groups is 1. The summed E-state index contributed by atoms with van der Waals surface area (Å²) in [6.07, 6.45) is -0.939. The Morgan fingerprint density at radius 2 is 1.53 bits per heavy atom. The number of methoxy groups -OCH3 is 1. The fourth-order valence-electron chi connectivity index (χ4n) is 4.44. The van der Waals surface area contributed by atoms with Crippen molar-refractivity contribution in [1.82, 2.24) is 0 Å². The van der Waals surface area contributed by atoms with E-state index in [0.29, 0.717) is 16.5 Å². The molecule has 2 aliphatic rings. The van der Waals surface area contributed by atoms with Gasteiger partial charge in [-0.15, -0.1) is 0 Å². The zero-order valence-electron chi connectivity index (χ0n) is 17.6. The summed E-state index contributed by atoms with van der Waals surface area (Å²) in [6.45, 7) is 1.97. The number of para-hydroxylation sites is 2. The van der Waals surface area contributed by atoms with Gasteiger partial charge in [-0.25, -0.2) is 9.96 Å². The number of ether oxygens (including phenoxy) is 1. The fourth-order valence-corrected chi connectivity index (χ4v) is 4.66. The lowest BCUT2D eigenvalue weighted by Gasteiger charge is -2.30. The maximum absolute atomic E-state index is 13.6. The van der Waals surface area contributed by atoms with Crippen molar-refractivity contribution >= 4 is 34.8 Å². The number of fused-ring (bicyclic) bond motifs is 1. The molecule has 2 aliphatic heterocycles. The van der Waals surface area contributed by atoms with E-state index in [2.05, 4.69) is 0 Å². The Balaban J connectivity index is 1.61. The van der Waals surface area contributed by atoms with Gasteiger partial charge in [-0.1, -0.05) is 54.1 Å². The predicted octanol–water partition coefficient (Wildman–Crippen LogP) is 4.71. The number of halogens is 1. The van der Waals surface area contributed by atoms with Crippen LogP contribution in [0.4, 0.5) is 11.4 Å². The lowest BCUT2D eigenvalue weighted by Crippen LogP contribution is -2.37. The van der Waals surface area contributed by atoms with E-state index in [1.165, 1.54) is 0 Å². The maximum Gasteiger partial charge on any atom is 0.266 e. The topological polar surface area (TPSA) is 59.1 Å². The first-order valence-electron chi connectivity index (χ1n) is 10.3. The molecule has 0 aromatic heterocycles. The second kappa shape index (κ2) is 7.97. The summed E-state index contributed by atoms with van der Waals surface area (Å²) in [5.74, 6) is -0.752. The van der Waals surface area contributed by atoms with Crippen LogP contribution in [0.25, 0.3) is 0 Å². The molecule has 162 valence electrons. The zero-order chi connectivity index (χ0) is 22.4. The minimum absolute atomic E-state index is 0.329. The second-order valence-corrected chi connectivity index (χ2v) is 8.25. The van der Waals surface area contributed by atoms with Gasteiger partial charge in [-0.3, -0.25) is 14.4 Å². The van der Waals surface area contributed by atoms with Crippen molar-refractivity contribution in [3.05, 3.63) is 88.9 Å². The number of benzene rings is 3. The van der Waals surface area contributed by atoms with Gasteiger partial charge >= 0.3 is 0 Å². The number of nitrogens with zero attached hydrogens (tertiary/aromatic N) is 2. The van der Waals surface area contributed by atoms with Crippen LogP contribution in [-0.2, 0) is 14.4 Å². The van der Waals surface area contributed by atoms with Crippen LogP contribution in [0.5, 0.6) is 5.75 Å². The molecule has 7 heteroatoms. The molecule has 0 saturated carbocycles. The Kier molecular flexibility index (Phi) is 5.12. The average molecular weight is 449 g/mol. The first-order valence-corrected chi connectivity index (χ1v) is 10.7. The number of aryl methyl sites for hydroxylation is 1. The molecule has 2 heterocycles. The second-order valence-electron chi connectivity index (χ2n) is 7.85. The first kappa shape index (κ1) is 20.5. The highest BCUT2D eigenvalue weighted by Crippen LogP contribution is 2.48. The van der Waals surface area contributed by atoms with Gasteiger partial charge in [0.25, 0.3) is 5.91 Å². The standard InChI is InChI=1S/C25H21ClN2O4/c1-15-7-3-5-9-19(15)28-22(16-11-13-17(31-2)14-12-16)21-23(32-28)25(30)27(24(21)29)20-10-6-4-8-18(20)26/h3-14,21-23H,1-2H3/t21-,22-,23+/m0/s1. The van der Waals surface area contributed by atoms with Gasteiger partial charge < -0.3 is 4.74 Å². The minimum atomic E-state index is -0.939. The maximum atomic E-state index is 13.6. The highest BCUT2D eigenvalue weighted by molar-refractivity contribution is 6.36. The summed E-state index contributed by atoms with van der Waals surface area (Å²) in [5.41, 5.74) is 3.02. The minimum Gasteiger partial charge on any atom is -0.497 e. The number of anilines is 2. The third kappa shape index (κ3) is 3.15. The fraction of sp³-hybridized carbons (Fsp3) is 0.200. The molecule has 3 atom stereocenters. The van der Waals surface area contributed by atoms with Gasteiger partial charge in [-0.05, 0) is 48.4 Å². The molecule has 6 nitrogen and oxygen atoms in total. The van der Waals surface area contributed by atoms with E-state index in [9.17, 15) is 9.59 Å². The number of rotatable bonds is 4. The summed E-state index contributed by atoms with van der Waals surface area (Å²) < 4.78 is 5.29. The predicted molar refractivity (Wildman–Crippen MR) is 122 cm³/mol. The molecule has 0 spiro atoms. The van der Waals surface area contributed by atoms with Crippen molar-refractivity contribution in [3.63, 3.8) is 0 Å². The SMILES string of the molecule is COc1ccc([C@H]2[C@@H]3C(=O)N(c4ccccc4Cl)C(=O)[C@@H]3ON2c2ccccc2C)cc1. The molecule has 0 aliphatic carbocycles. The Morgan fingerprint density at radius 1 is 0.875 bits per heavy atom. The van der Waals surface area contributed by atoms with Crippen molar-refractivity contribution in [2.45, 2.75) is 19.1 Å². The van der Waals surface area contributed by atoms with Crippen LogP contribution in [0.3, 0.4) is 0 Å². The van der Waals surface area contributed by atoms with E-state index in [1.807, 2.05) is 55.5 Å². The average Bonchev–Trinajstić information content (AvgIpc) is 3.31. The summed E-state index contributed by atoms with van der Waals surface area (Å²) in [5, 5.41) is 2.04. The van der Waals surface area contributed by atoms with Crippen molar-refractivity contribution < 1.29 is 19.2 Å². The number of hydrogen-bond acceptors (Lipinski definition) is 5. The van der Waals surface area contributed by atoms with Crippen LogP contribution < -0.4 is 14.7 Å². The van der Waals surface area contributed by atoms with Crippen LogP contribution in [0.2, 0.25) is 5.02 Å². The van der Waals surface area contributed by atoms with Crippen molar-refractivity contribution in [2.24, 2.45) is 5.92 Å². The summed E-state index contributed by atoms with van der Waals surface area (Å²) in [7, 11) is 1.60. The van der Waals surface area contributed by atoms with Crippen LogP contribution in [-0.4, -0.2) is 25.0 Å². The molecule has 3 aromatic carbocycles. The van der Waals surface area contributed by atoms with Crippen molar-refractivity contribution in [2.75, 3.05) is 17.1 Å². The van der Waals surface area contributed by atoms with Crippen LogP contribution in [0.15, 0.2) is 72.8 Å². The number of hydrogen-bond donors (Lipinski definition) is 0. The number of amides is 2. The Bertz CT molecular complexity index is 1200. The number of imide groups is 1. The van der Waals surface area contributed by atoms with Crippen molar-refractivity contribution in [1.29, 1.82) is 0 Å². The molecule has 0 N–H and O–H groups in total. The smallest absolute Gasteiger partial charge is 0.266 e. The van der Waals surface area contributed by atoms with Gasteiger partial charge in [0.05, 0.1) is 29.5 Å². The normalized spacial score (nSPS) is 22.4. The molecular formula is C25H21ClN2O4. The quantitative estimate of drug-likeness (QED) is 0.541. The first-order chi connectivity index (χ1) is 15.5. The van der Waals surface area contributed by atoms with Gasteiger partial charge in [0.15, 0.2) is 6.10 Å². The van der Waals surface area contributed by atoms with E-state index in [4.69, 9.17) is 21.2 Å². The summed E-state index contributed by atoms with van der Waals surface area (Å²) >= 11 is 6.31. The third-order valence-corrected chi connectivity index (χ3v) is 6.34. The van der Waals surface area contributed by atoms with Gasteiger partial charge in [0.2, 0.25) is 5.91 Å². The van der Waals surface area contributed by atoms with Crippen LogP contribution >= 0.6 is 11.6 Å². The van der Waals surface area contributed by atoms with Gasteiger partial charge in [0, 0.05) is 0 Å². The molecule has 2 saturated heterocycles. The molecule has 3 aromatic rings. The van der Waals surface area contributed by atoms with Crippen molar-refractivity contribution in [3.8, 4) is 5.75 Å². The molecule has 0 unspecified atom stereocenters. The molecule has 5 rings (SSSR count). The van der Waals surface area contributed by atoms with E-state index in [1.54, 1.807) is 36.4 Å². The van der Waals surface area contributed by atoms with E-state index in [-0.39, 0.29) is 5.91 Å². The van der Waals surface area contributed by atoms with Gasteiger partial charge in [-0.2, -0.15) is 0 Å². The Hall–Kier alpha value is -3.35. The monoisotopic (exact) mass is 448 g/mol. The molecule has 2 fully saturated rings. The lowest BCUT2D eigenvalue weighted by atomic mass is 9.90. The van der Waals surface area contributed by atoms with E-state index in [0.717, 1.165) is 21.7 Å². The number of carbonyl (C=O) groups excluding carboxylic acids is 2. The van der Waals surface area contributed by atoms with Crippen LogP contribution in [0.1, 0.15) is 17.2 Å². The van der Waals surface area contributed by atoms with Crippen LogP contribution in [0, 0.1) is 12.8 Å². The third-order valence-electron chi connectivity index (χ3n) is 6.02. The van der Waals surface area contributed by atoms with Gasteiger partial charge in [0.1, 0.15) is 11.7 Å². The summed E-state index contributed by atoms with van der Waals surface area (Å²) in [6, 6.07) is 21.6. The molecular weight excluding hydrogens is 428 g/mol. The largest absolute Gasteiger partial charge is 0.497 e. The lowest BCUT2D eigenvalue weighted by molar-refractivity contribution is -0.126. The Morgan fingerprint density at radius 3 is 2.19 bits per heavy atom. The molecule has 32 heavy (non-hydrogen) atoms.